The van der Waals surface area contributed by atoms with Crippen molar-refractivity contribution in [3.8, 4) is 0 Å². The van der Waals surface area contributed by atoms with E-state index in [1.54, 1.807) is 0 Å². The van der Waals surface area contributed by atoms with E-state index < -0.39 is 0 Å². The Morgan fingerprint density at radius 2 is 2.50 bits per heavy atom. The average Bonchev–Trinajstić information content (AvgIpc) is 2.08. The highest BCUT2D eigenvalue weighted by Crippen LogP contribution is 2.20. The lowest BCUT2D eigenvalue weighted by atomic mass is 10.1. The number of piperidine rings is 1. The molecule has 0 aromatic carbocycles. The van der Waals surface area contributed by atoms with Crippen molar-refractivity contribution in [1.82, 2.24) is 4.90 Å². The van der Waals surface area contributed by atoms with Crippen LogP contribution in [0.25, 0.3) is 0 Å². The van der Waals surface area contributed by atoms with E-state index in [-0.39, 0.29) is 16.8 Å². The summed E-state index contributed by atoms with van der Waals surface area (Å²) in [4.78, 5) is 13.4. The van der Waals surface area contributed by atoms with Gasteiger partial charge in [-0.2, -0.15) is 0 Å². The third kappa shape index (κ3) is 1.89. The summed E-state index contributed by atoms with van der Waals surface area (Å²) in [6.07, 6.45) is 3.85. The fourth-order valence-corrected chi connectivity index (χ4v) is 1.97. The zero-order valence-electron chi connectivity index (χ0n) is 7.29. The first-order valence-corrected chi connectivity index (χ1v) is 5.15. The van der Waals surface area contributed by atoms with Crippen molar-refractivity contribution in [2.75, 3.05) is 6.54 Å². The molecule has 0 bridgehead atoms. The molecule has 1 aliphatic heterocycles. The molecule has 0 saturated carbocycles. The molecule has 0 aromatic rings. The smallest absolute Gasteiger partial charge is 0.236 e. The van der Waals surface area contributed by atoms with Crippen LogP contribution in [0.5, 0.6) is 0 Å². The van der Waals surface area contributed by atoms with Gasteiger partial charge in [-0.25, -0.2) is 0 Å². The van der Waals surface area contributed by atoms with Gasteiger partial charge >= 0.3 is 0 Å². The molecule has 0 N–H and O–H groups in total. The van der Waals surface area contributed by atoms with Crippen LogP contribution in [0.15, 0.2) is 12.7 Å². The van der Waals surface area contributed by atoms with Gasteiger partial charge in [0.2, 0.25) is 5.91 Å². The van der Waals surface area contributed by atoms with Gasteiger partial charge in [-0.05, 0) is 19.8 Å². The highest BCUT2D eigenvalue weighted by atomic mass is 79.9. The molecular weight excluding hydrogens is 218 g/mol. The Morgan fingerprint density at radius 3 is 3.08 bits per heavy atom. The number of hydrogen-bond acceptors (Lipinski definition) is 1. The van der Waals surface area contributed by atoms with E-state index in [0.29, 0.717) is 0 Å². The molecule has 1 fully saturated rings. The predicted molar refractivity (Wildman–Crippen MR) is 53.3 cm³/mol. The lowest BCUT2D eigenvalue weighted by Crippen LogP contribution is -2.45. The Hall–Kier alpha value is -0.310. The Morgan fingerprint density at radius 1 is 1.83 bits per heavy atom. The number of halogens is 1. The molecule has 0 spiro atoms. The van der Waals surface area contributed by atoms with E-state index in [1.807, 2.05) is 17.9 Å². The SMILES string of the molecule is C=CC(C)N1CCCC(Br)C1=O. The maximum absolute atomic E-state index is 11.6. The van der Waals surface area contributed by atoms with Gasteiger partial charge in [0.05, 0.1) is 4.83 Å². The Labute approximate surface area is 81.8 Å². The number of alkyl halides is 1. The topological polar surface area (TPSA) is 20.3 Å². The Kier molecular flexibility index (Phi) is 3.32. The molecule has 1 aliphatic rings. The lowest BCUT2D eigenvalue weighted by molar-refractivity contribution is -0.133. The van der Waals surface area contributed by atoms with E-state index in [0.717, 1.165) is 19.4 Å². The zero-order valence-corrected chi connectivity index (χ0v) is 8.88. The fourth-order valence-electron chi connectivity index (χ4n) is 1.39. The summed E-state index contributed by atoms with van der Waals surface area (Å²) in [6, 6.07) is 0.165. The maximum atomic E-state index is 11.6. The molecule has 1 amide bonds. The summed E-state index contributed by atoms with van der Waals surface area (Å²) < 4.78 is 0. The van der Waals surface area contributed by atoms with Crippen molar-refractivity contribution in [3.05, 3.63) is 12.7 Å². The number of rotatable bonds is 2. The van der Waals surface area contributed by atoms with Crippen LogP contribution in [0.1, 0.15) is 19.8 Å². The average molecular weight is 232 g/mol. The second-order valence-corrected chi connectivity index (χ2v) is 4.22. The number of hydrogen-bond donors (Lipinski definition) is 0. The van der Waals surface area contributed by atoms with Crippen molar-refractivity contribution in [1.29, 1.82) is 0 Å². The number of carbonyl (C=O) groups excluding carboxylic acids is 1. The first-order chi connectivity index (χ1) is 5.66. The van der Waals surface area contributed by atoms with Crippen molar-refractivity contribution >= 4 is 21.8 Å². The second-order valence-electron chi connectivity index (χ2n) is 3.12. The van der Waals surface area contributed by atoms with E-state index >= 15 is 0 Å². The van der Waals surface area contributed by atoms with Crippen molar-refractivity contribution in [2.45, 2.75) is 30.6 Å². The summed E-state index contributed by atoms with van der Waals surface area (Å²) >= 11 is 3.37. The highest BCUT2D eigenvalue weighted by Gasteiger charge is 2.28. The molecule has 2 nitrogen and oxygen atoms in total. The number of carbonyl (C=O) groups is 1. The van der Waals surface area contributed by atoms with Crippen LogP contribution in [0.2, 0.25) is 0 Å². The summed E-state index contributed by atoms with van der Waals surface area (Å²) in [7, 11) is 0. The van der Waals surface area contributed by atoms with Crippen LogP contribution in [-0.4, -0.2) is 28.2 Å². The molecule has 0 aliphatic carbocycles. The first-order valence-electron chi connectivity index (χ1n) is 4.24. The standard InChI is InChI=1S/C9H14BrNO/c1-3-7(2)11-6-4-5-8(10)9(11)12/h3,7-8H,1,4-6H2,2H3. The van der Waals surface area contributed by atoms with Gasteiger partial charge in [-0.3, -0.25) is 4.79 Å². The highest BCUT2D eigenvalue weighted by molar-refractivity contribution is 9.10. The van der Waals surface area contributed by atoms with Gasteiger partial charge in [0, 0.05) is 12.6 Å². The van der Waals surface area contributed by atoms with Crippen LogP contribution in [0, 0.1) is 0 Å². The van der Waals surface area contributed by atoms with Crippen molar-refractivity contribution in [3.63, 3.8) is 0 Å². The van der Waals surface area contributed by atoms with Gasteiger partial charge in [0.1, 0.15) is 0 Å². The molecule has 1 rings (SSSR count). The molecule has 0 aromatic heterocycles. The Balaban J connectivity index is 2.63. The number of amides is 1. The van der Waals surface area contributed by atoms with Crippen LogP contribution >= 0.6 is 15.9 Å². The van der Waals surface area contributed by atoms with Crippen LogP contribution in [0.3, 0.4) is 0 Å². The van der Waals surface area contributed by atoms with E-state index in [4.69, 9.17) is 0 Å². The molecule has 2 atom stereocenters. The largest absolute Gasteiger partial charge is 0.336 e. The molecule has 0 radical (unpaired) electrons. The van der Waals surface area contributed by atoms with Gasteiger partial charge in [-0.1, -0.05) is 22.0 Å². The third-order valence-corrected chi connectivity index (χ3v) is 3.09. The minimum Gasteiger partial charge on any atom is -0.336 e. The van der Waals surface area contributed by atoms with Gasteiger partial charge in [0.15, 0.2) is 0 Å². The molecule has 1 heterocycles. The van der Waals surface area contributed by atoms with Crippen LogP contribution in [-0.2, 0) is 4.79 Å². The van der Waals surface area contributed by atoms with E-state index in [2.05, 4.69) is 22.5 Å². The van der Waals surface area contributed by atoms with Gasteiger partial charge in [-0.15, -0.1) is 6.58 Å². The number of nitrogens with zero attached hydrogens (tertiary/aromatic N) is 1. The molecule has 12 heavy (non-hydrogen) atoms. The minimum atomic E-state index is 0.0219. The van der Waals surface area contributed by atoms with E-state index in [9.17, 15) is 4.79 Å². The van der Waals surface area contributed by atoms with E-state index in [1.165, 1.54) is 0 Å². The third-order valence-electron chi connectivity index (χ3n) is 2.24. The normalized spacial score (nSPS) is 27.0. The zero-order chi connectivity index (χ0) is 9.14. The predicted octanol–water partition coefficient (Wildman–Crippen LogP) is 1.95. The van der Waals surface area contributed by atoms with Crippen molar-refractivity contribution < 1.29 is 4.79 Å². The molecular formula is C9H14BrNO. The second kappa shape index (κ2) is 4.08. The molecule has 68 valence electrons. The van der Waals surface area contributed by atoms with Crippen LogP contribution < -0.4 is 0 Å². The number of likely N-dealkylation sites (tertiary alicyclic amines) is 1. The summed E-state index contributed by atoms with van der Waals surface area (Å²) in [5.41, 5.74) is 0. The summed E-state index contributed by atoms with van der Waals surface area (Å²) in [6.45, 7) is 6.55. The fraction of sp³-hybridized carbons (Fsp3) is 0.667. The quantitative estimate of drug-likeness (QED) is 0.526. The molecule has 2 unspecified atom stereocenters. The summed E-state index contributed by atoms with van der Waals surface area (Å²) in [5.74, 6) is 0.202. The van der Waals surface area contributed by atoms with Crippen molar-refractivity contribution in [2.24, 2.45) is 0 Å². The Bertz CT molecular complexity index is 193. The van der Waals surface area contributed by atoms with Gasteiger partial charge in [0.25, 0.3) is 0 Å². The molecule has 1 saturated heterocycles. The lowest BCUT2D eigenvalue weighted by Gasteiger charge is -2.33. The first kappa shape index (κ1) is 9.78. The summed E-state index contributed by atoms with van der Waals surface area (Å²) in [5, 5.41) is 0. The van der Waals surface area contributed by atoms with Crippen LogP contribution in [0.4, 0.5) is 0 Å². The maximum Gasteiger partial charge on any atom is 0.236 e. The monoisotopic (exact) mass is 231 g/mol. The molecule has 3 heteroatoms. The minimum absolute atomic E-state index is 0.0219. The van der Waals surface area contributed by atoms with Gasteiger partial charge < -0.3 is 4.90 Å².